The van der Waals surface area contributed by atoms with Gasteiger partial charge < -0.3 is 9.84 Å². The quantitative estimate of drug-likeness (QED) is 0.633. The van der Waals surface area contributed by atoms with Gasteiger partial charge in [0.05, 0.1) is 6.61 Å². The topological polar surface area (TPSA) is 104 Å². The van der Waals surface area contributed by atoms with Crippen molar-refractivity contribution in [1.82, 2.24) is 8.61 Å². The predicted octanol–water partition coefficient (Wildman–Crippen LogP) is 0.0553. The van der Waals surface area contributed by atoms with E-state index >= 15 is 0 Å². The molecule has 0 aromatic heterocycles. The molecule has 1 aliphatic heterocycles. The van der Waals surface area contributed by atoms with Gasteiger partial charge in [0.1, 0.15) is 12.6 Å². The number of hydrogen-bond donors (Lipinski definition) is 1. The molecule has 0 aromatic rings. The van der Waals surface area contributed by atoms with Crippen LogP contribution in [0.1, 0.15) is 33.1 Å². The number of carboxylic acids is 1. The van der Waals surface area contributed by atoms with Crippen LogP contribution in [0.4, 0.5) is 0 Å². The summed E-state index contributed by atoms with van der Waals surface area (Å²) in [6.07, 6.45) is 1.44. The van der Waals surface area contributed by atoms with Crippen molar-refractivity contribution in [3.05, 3.63) is 0 Å². The van der Waals surface area contributed by atoms with Crippen LogP contribution in [0.15, 0.2) is 0 Å². The highest BCUT2D eigenvalue weighted by Gasteiger charge is 2.42. The highest BCUT2D eigenvalue weighted by Crippen LogP contribution is 2.24. The third-order valence-electron chi connectivity index (χ3n) is 3.17. The van der Waals surface area contributed by atoms with E-state index < -0.39 is 34.7 Å². The van der Waals surface area contributed by atoms with E-state index in [4.69, 9.17) is 9.84 Å². The van der Waals surface area contributed by atoms with Crippen molar-refractivity contribution < 1.29 is 27.9 Å². The molecular weight excluding hydrogens is 300 g/mol. The number of nitrogens with zero attached hydrogens (tertiary/aromatic N) is 2. The van der Waals surface area contributed by atoms with E-state index in [9.17, 15) is 18.0 Å². The molecule has 0 spiro atoms. The molecule has 1 saturated heterocycles. The second-order valence-corrected chi connectivity index (χ2v) is 6.64. The van der Waals surface area contributed by atoms with Gasteiger partial charge in [-0.1, -0.05) is 6.92 Å². The Morgan fingerprint density at radius 2 is 2.05 bits per heavy atom. The summed E-state index contributed by atoms with van der Waals surface area (Å²) in [4.78, 5) is 22.7. The van der Waals surface area contributed by atoms with E-state index in [1.54, 1.807) is 13.8 Å². The Morgan fingerprint density at radius 1 is 1.38 bits per heavy atom. The first kappa shape index (κ1) is 17.9. The zero-order chi connectivity index (χ0) is 16.0. The van der Waals surface area contributed by atoms with Crippen molar-refractivity contribution in [3.8, 4) is 0 Å². The third-order valence-corrected chi connectivity index (χ3v) is 5.16. The first-order valence-corrected chi connectivity index (χ1v) is 8.39. The van der Waals surface area contributed by atoms with Gasteiger partial charge in [-0.05, 0) is 26.2 Å². The lowest BCUT2D eigenvalue weighted by atomic mass is 10.2. The van der Waals surface area contributed by atoms with Crippen LogP contribution in [-0.2, 0) is 24.5 Å². The van der Waals surface area contributed by atoms with Crippen LogP contribution >= 0.6 is 0 Å². The zero-order valence-corrected chi connectivity index (χ0v) is 13.1. The van der Waals surface area contributed by atoms with Crippen molar-refractivity contribution in [1.29, 1.82) is 0 Å². The molecule has 8 nitrogen and oxygen atoms in total. The summed E-state index contributed by atoms with van der Waals surface area (Å²) >= 11 is 0. The van der Waals surface area contributed by atoms with Crippen molar-refractivity contribution in [2.75, 3.05) is 26.2 Å². The summed E-state index contributed by atoms with van der Waals surface area (Å²) in [6.45, 7) is 3.28. The molecule has 0 amide bonds. The fourth-order valence-corrected chi connectivity index (χ4v) is 4.17. The van der Waals surface area contributed by atoms with Gasteiger partial charge in [-0.15, -0.1) is 0 Å². The summed E-state index contributed by atoms with van der Waals surface area (Å²) in [5.74, 6) is -1.80. The minimum atomic E-state index is -3.99. The first-order chi connectivity index (χ1) is 9.84. The van der Waals surface area contributed by atoms with E-state index in [0.717, 1.165) is 8.61 Å². The molecule has 1 atom stereocenters. The normalized spacial score (nSPS) is 19.9. The largest absolute Gasteiger partial charge is 0.480 e. The molecule has 0 aromatic carbocycles. The Kier molecular flexibility index (Phi) is 6.56. The van der Waals surface area contributed by atoms with Crippen LogP contribution in [0.2, 0.25) is 0 Å². The predicted molar refractivity (Wildman–Crippen MR) is 74.8 cm³/mol. The summed E-state index contributed by atoms with van der Waals surface area (Å²) in [5, 5.41) is 8.86. The van der Waals surface area contributed by atoms with Crippen LogP contribution < -0.4 is 0 Å². The van der Waals surface area contributed by atoms with Crippen molar-refractivity contribution in [2.45, 2.75) is 39.2 Å². The van der Waals surface area contributed by atoms with Gasteiger partial charge in [0.15, 0.2) is 0 Å². The van der Waals surface area contributed by atoms with Crippen LogP contribution in [0.3, 0.4) is 0 Å². The van der Waals surface area contributed by atoms with Gasteiger partial charge in [-0.25, -0.2) is 0 Å². The molecule has 1 unspecified atom stereocenters. The number of carboxylic acid groups (broad SMARTS) is 1. The van der Waals surface area contributed by atoms with Crippen LogP contribution in [0.25, 0.3) is 0 Å². The van der Waals surface area contributed by atoms with Gasteiger partial charge >= 0.3 is 11.9 Å². The van der Waals surface area contributed by atoms with E-state index in [0.29, 0.717) is 19.3 Å². The monoisotopic (exact) mass is 322 g/mol. The SMILES string of the molecule is CCCN(CC(=O)O)S(=O)(=O)N1CCCC1C(=O)OCC. The second kappa shape index (κ2) is 7.71. The number of carbonyl (C=O) groups is 2. The summed E-state index contributed by atoms with van der Waals surface area (Å²) in [5.41, 5.74) is 0. The van der Waals surface area contributed by atoms with E-state index in [-0.39, 0.29) is 19.7 Å². The maximum Gasteiger partial charge on any atom is 0.324 e. The molecule has 1 heterocycles. The molecule has 1 aliphatic rings. The Balaban J connectivity index is 2.97. The molecule has 1 N–H and O–H groups in total. The van der Waals surface area contributed by atoms with E-state index in [1.165, 1.54) is 0 Å². The van der Waals surface area contributed by atoms with Crippen molar-refractivity contribution in [2.24, 2.45) is 0 Å². The number of ether oxygens (including phenoxy) is 1. The van der Waals surface area contributed by atoms with Crippen molar-refractivity contribution >= 4 is 22.1 Å². The zero-order valence-electron chi connectivity index (χ0n) is 12.3. The average Bonchev–Trinajstić information content (AvgIpc) is 2.88. The number of rotatable bonds is 8. The fraction of sp³-hybridized carbons (Fsp3) is 0.833. The van der Waals surface area contributed by atoms with Gasteiger partial charge in [0, 0.05) is 13.1 Å². The van der Waals surface area contributed by atoms with Crippen LogP contribution in [-0.4, -0.2) is 66.4 Å². The minimum absolute atomic E-state index is 0.0979. The molecule has 0 bridgehead atoms. The lowest BCUT2D eigenvalue weighted by Crippen LogP contribution is -2.50. The minimum Gasteiger partial charge on any atom is -0.480 e. The molecule has 0 aliphatic carbocycles. The highest BCUT2D eigenvalue weighted by molar-refractivity contribution is 7.86. The lowest BCUT2D eigenvalue weighted by molar-refractivity contribution is -0.146. The molecule has 9 heteroatoms. The molecule has 1 fully saturated rings. The Morgan fingerprint density at radius 3 is 2.57 bits per heavy atom. The van der Waals surface area contributed by atoms with Gasteiger partial charge in [-0.3, -0.25) is 9.59 Å². The fourth-order valence-electron chi connectivity index (χ4n) is 2.31. The maximum atomic E-state index is 12.6. The number of carbonyl (C=O) groups excluding carboxylic acids is 1. The van der Waals surface area contributed by atoms with Crippen molar-refractivity contribution in [3.63, 3.8) is 0 Å². The highest BCUT2D eigenvalue weighted by atomic mass is 32.2. The number of esters is 1. The molecule has 21 heavy (non-hydrogen) atoms. The standard InChI is InChI=1S/C12H22N2O6S/c1-3-7-13(9-11(15)16)21(18,19)14-8-5-6-10(14)12(17)20-4-2/h10H,3-9H2,1-2H3,(H,15,16). The molecule has 0 saturated carbocycles. The molecule has 122 valence electrons. The maximum absolute atomic E-state index is 12.6. The Labute approximate surface area is 124 Å². The van der Waals surface area contributed by atoms with E-state index in [2.05, 4.69) is 0 Å². The lowest BCUT2D eigenvalue weighted by Gasteiger charge is -2.28. The molecule has 1 rings (SSSR count). The van der Waals surface area contributed by atoms with Gasteiger partial charge in [0.25, 0.3) is 10.2 Å². The van der Waals surface area contributed by atoms with Crippen LogP contribution in [0, 0.1) is 0 Å². The van der Waals surface area contributed by atoms with E-state index in [1.807, 2.05) is 0 Å². The van der Waals surface area contributed by atoms with Gasteiger partial charge in [-0.2, -0.15) is 17.0 Å². The summed E-state index contributed by atoms with van der Waals surface area (Å²) in [6, 6.07) is -0.858. The summed E-state index contributed by atoms with van der Waals surface area (Å²) in [7, 11) is -3.99. The molecular formula is C12H22N2O6S. The smallest absolute Gasteiger partial charge is 0.324 e. The van der Waals surface area contributed by atoms with Crippen LogP contribution in [0.5, 0.6) is 0 Å². The Hall–Kier alpha value is -1.19. The first-order valence-electron chi connectivity index (χ1n) is 6.99. The number of hydrogen-bond acceptors (Lipinski definition) is 5. The number of aliphatic carboxylic acids is 1. The third kappa shape index (κ3) is 4.39. The average molecular weight is 322 g/mol. The summed E-state index contributed by atoms with van der Waals surface area (Å²) < 4.78 is 32.0. The Bertz CT molecular complexity index is 478. The van der Waals surface area contributed by atoms with Gasteiger partial charge in [0.2, 0.25) is 0 Å². The second-order valence-electron chi connectivity index (χ2n) is 4.76. The molecule has 0 radical (unpaired) electrons.